The molecule has 168 valence electrons. The second-order valence-electron chi connectivity index (χ2n) is 6.49. The minimum Gasteiger partial charge on any atom is -0.493 e. The summed E-state index contributed by atoms with van der Waals surface area (Å²) < 4.78 is 10.8. The highest BCUT2D eigenvalue weighted by Gasteiger charge is 2.34. The van der Waals surface area contributed by atoms with Crippen LogP contribution in [0.3, 0.4) is 0 Å². The zero-order valence-corrected chi connectivity index (χ0v) is 19.5. The van der Waals surface area contributed by atoms with Crippen molar-refractivity contribution >= 4 is 46.7 Å². The van der Waals surface area contributed by atoms with E-state index in [4.69, 9.17) is 9.47 Å². The van der Waals surface area contributed by atoms with Crippen LogP contribution >= 0.6 is 23.5 Å². The van der Waals surface area contributed by atoms with Gasteiger partial charge in [-0.15, -0.1) is 11.8 Å². The Labute approximate surface area is 194 Å². The standard InChI is InChI=1S/C22H23N3O5S2/c1-4-30-16-8-7-14(12-17(16)29-2)13-18-21(27)25(22(28)32-18)11-10-23-19(26)15-6-5-9-24-20(15)31-3/h5-9,12-13H,4,10-11H2,1-3H3,(H,23,26)/b18-13-. The monoisotopic (exact) mass is 473 g/mol. The molecule has 2 heterocycles. The third-order valence-electron chi connectivity index (χ3n) is 4.49. The molecule has 0 atom stereocenters. The molecule has 1 fully saturated rings. The highest BCUT2D eigenvalue weighted by atomic mass is 32.2. The minimum atomic E-state index is -0.395. The molecule has 2 aromatic rings. The Balaban J connectivity index is 1.64. The third kappa shape index (κ3) is 5.43. The summed E-state index contributed by atoms with van der Waals surface area (Å²) in [5.41, 5.74) is 1.17. The maximum absolute atomic E-state index is 12.7. The second-order valence-corrected chi connectivity index (χ2v) is 8.28. The molecule has 0 unspecified atom stereocenters. The van der Waals surface area contributed by atoms with E-state index < -0.39 is 5.91 Å². The van der Waals surface area contributed by atoms with Crippen LogP contribution in [-0.4, -0.2) is 60.0 Å². The van der Waals surface area contributed by atoms with Crippen LogP contribution in [0.1, 0.15) is 22.8 Å². The van der Waals surface area contributed by atoms with E-state index in [1.165, 1.54) is 18.9 Å². The van der Waals surface area contributed by atoms with Crippen molar-refractivity contribution in [1.82, 2.24) is 15.2 Å². The lowest BCUT2D eigenvalue weighted by Crippen LogP contribution is -2.37. The van der Waals surface area contributed by atoms with E-state index in [9.17, 15) is 14.4 Å². The first-order valence-electron chi connectivity index (χ1n) is 9.81. The lowest BCUT2D eigenvalue weighted by atomic mass is 10.2. The molecule has 8 nitrogen and oxygen atoms in total. The van der Waals surface area contributed by atoms with Gasteiger partial charge in [0.1, 0.15) is 5.03 Å². The quantitative estimate of drug-likeness (QED) is 0.435. The van der Waals surface area contributed by atoms with Gasteiger partial charge in [-0.1, -0.05) is 6.07 Å². The van der Waals surface area contributed by atoms with Gasteiger partial charge < -0.3 is 14.8 Å². The van der Waals surface area contributed by atoms with Gasteiger partial charge in [0.15, 0.2) is 11.5 Å². The predicted octanol–water partition coefficient (Wildman–Crippen LogP) is 3.68. The molecule has 1 aromatic carbocycles. The number of imide groups is 1. The number of nitrogens with zero attached hydrogens (tertiary/aromatic N) is 2. The summed E-state index contributed by atoms with van der Waals surface area (Å²) in [6, 6.07) is 8.67. The second kappa shape index (κ2) is 11.1. The molecule has 0 saturated carbocycles. The number of rotatable bonds is 9. The Morgan fingerprint density at radius 3 is 2.81 bits per heavy atom. The van der Waals surface area contributed by atoms with Crippen molar-refractivity contribution in [3.63, 3.8) is 0 Å². The van der Waals surface area contributed by atoms with Gasteiger partial charge in [0.25, 0.3) is 17.1 Å². The summed E-state index contributed by atoms with van der Waals surface area (Å²) in [7, 11) is 1.54. The molecule has 3 amide bonds. The van der Waals surface area contributed by atoms with Crippen molar-refractivity contribution in [2.75, 3.05) is 33.1 Å². The van der Waals surface area contributed by atoms with Gasteiger partial charge in [0, 0.05) is 19.3 Å². The molecule has 1 aliphatic heterocycles. The van der Waals surface area contributed by atoms with Crippen molar-refractivity contribution in [3.05, 3.63) is 52.6 Å². The van der Waals surface area contributed by atoms with E-state index in [1.54, 1.807) is 42.6 Å². The topological polar surface area (TPSA) is 97.8 Å². The maximum Gasteiger partial charge on any atom is 0.293 e. The summed E-state index contributed by atoms with van der Waals surface area (Å²) in [5, 5.41) is 2.98. The van der Waals surface area contributed by atoms with Crippen LogP contribution in [0.15, 0.2) is 46.5 Å². The van der Waals surface area contributed by atoms with E-state index in [-0.39, 0.29) is 24.2 Å². The average molecular weight is 474 g/mol. The number of carbonyl (C=O) groups excluding carboxylic acids is 3. The summed E-state index contributed by atoms with van der Waals surface area (Å²) in [6.45, 7) is 2.60. The van der Waals surface area contributed by atoms with E-state index in [0.717, 1.165) is 16.7 Å². The smallest absolute Gasteiger partial charge is 0.293 e. The maximum atomic E-state index is 12.7. The molecule has 10 heteroatoms. The van der Waals surface area contributed by atoms with Crippen molar-refractivity contribution in [2.45, 2.75) is 11.9 Å². The zero-order valence-electron chi connectivity index (χ0n) is 17.9. The Hall–Kier alpha value is -2.98. The van der Waals surface area contributed by atoms with E-state index in [0.29, 0.717) is 39.2 Å². The first-order chi connectivity index (χ1) is 15.5. The van der Waals surface area contributed by atoms with Gasteiger partial charge in [0.2, 0.25) is 0 Å². The molecule has 0 spiro atoms. The van der Waals surface area contributed by atoms with Crippen LogP contribution in [0.4, 0.5) is 4.79 Å². The number of benzene rings is 1. The van der Waals surface area contributed by atoms with Gasteiger partial charge in [-0.05, 0) is 60.8 Å². The lowest BCUT2D eigenvalue weighted by molar-refractivity contribution is -0.122. The number of amides is 3. The molecular weight excluding hydrogens is 450 g/mol. The third-order valence-corrected chi connectivity index (χ3v) is 6.11. The summed E-state index contributed by atoms with van der Waals surface area (Å²) >= 11 is 2.24. The number of hydrogen-bond donors (Lipinski definition) is 1. The highest BCUT2D eigenvalue weighted by molar-refractivity contribution is 8.18. The largest absolute Gasteiger partial charge is 0.493 e. The normalized spacial score (nSPS) is 14.7. The van der Waals surface area contributed by atoms with Crippen LogP contribution in [-0.2, 0) is 4.79 Å². The molecule has 1 N–H and O–H groups in total. The SMILES string of the molecule is CCOc1ccc(/C=C2\SC(=O)N(CCNC(=O)c3cccnc3SC)C2=O)cc1OC. The van der Waals surface area contributed by atoms with E-state index in [1.807, 2.05) is 13.2 Å². The fourth-order valence-corrected chi connectivity index (χ4v) is 4.41. The summed E-state index contributed by atoms with van der Waals surface area (Å²) in [5.74, 6) is 0.455. The number of hydrogen-bond acceptors (Lipinski definition) is 8. The number of carbonyl (C=O) groups is 3. The number of pyridine rings is 1. The average Bonchev–Trinajstić information content (AvgIpc) is 3.07. The predicted molar refractivity (Wildman–Crippen MR) is 125 cm³/mol. The van der Waals surface area contributed by atoms with Crippen LogP contribution in [0.5, 0.6) is 11.5 Å². The first-order valence-corrected chi connectivity index (χ1v) is 11.9. The van der Waals surface area contributed by atoms with Crippen molar-refractivity contribution in [2.24, 2.45) is 0 Å². The van der Waals surface area contributed by atoms with E-state index >= 15 is 0 Å². The molecule has 0 aliphatic carbocycles. The molecule has 3 rings (SSSR count). The van der Waals surface area contributed by atoms with Crippen LogP contribution in [0.2, 0.25) is 0 Å². The van der Waals surface area contributed by atoms with Crippen LogP contribution in [0, 0.1) is 0 Å². The van der Waals surface area contributed by atoms with Gasteiger partial charge in [0.05, 0.1) is 24.2 Å². The van der Waals surface area contributed by atoms with Gasteiger partial charge >= 0.3 is 0 Å². The zero-order chi connectivity index (χ0) is 23.1. The Bertz CT molecular complexity index is 1060. The van der Waals surface area contributed by atoms with Gasteiger partial charge in [-0.25, -0.2) is 4.98 Å². The van der Waals surface area contributed by atoms with Gasteiger partial charge in [-0.3, -0.25) is 19.3 Å². The first kappa shape index (κ1) is 23.7. The highest BCUT2D eigenvalue weighted by Crippen LogP contribution is 2.34. The molecule has 0 bridgehead atoms. The van der Waals surface area contributed by atoms with Crippen LogP contribution < -0.4 is 14.8 Å². The Kier molecular flexibility index (Phi) is 8.18. The summed E-state index contributed by atoms with van der Waals surface area (Å²) in [4.78, 5) is 43.1. The number of thioether (sulfide) groups is 2. The fourth-order valence-electron chi connectivity index (χ4n) is 3.00. The molecule has 1 aromatic heterocycles. The Morgan fingerprint density at radius 2 is 2.09 bits per heavy atom. The number of ether oxygens (including phenoxy) is 2. The Morgan fingerprint density at radius 1 is 1.28 bits per heavy atom. The molecule has 0 radical (unpaired) electrons. The number of aromatic nitrogens is 1. The number of nitrogens with one attached hydrogen (secondary N) is 1. The minimum absolute atomic E-state index is 0.0786. The molecule has 1 saturated heterocycles. The van der Waals surface area contributed by atoms with Crippen molar-refractivity contribution < 1.29 is 23.9 Å². The molecular formula is C22H23N3O5S2. The fraction of sp³-hybridized carbons (Fsp3) is 0.273. The lowest BCUT2D eigenvalue weighted by Gasteiger charge is -2.13. The number of methoxy groups -OCH3 is 1. The van der Waals surface area contributed by atoms with Crippen molar-refractivity contribution in [3.8, 4) is 11.5 Å². The molecule has 1 aliphatic rings. The summed E-state index contributed by atoms with van der Waals surface area (Å²) in [6.07, 6.45) is 5.10. The molecule has 32 heavy (non-hydrogen) atoms. The van der Waals surface area contributed by atoms with E-state index in [2.05, 4.69) is 10.3 Å². The van der Waals surface area contributed by atoms with Crippen LogP contribution in [0.25, 0.3) is 6.08 Å². The van der Waals surface area contributed by atoms with Gasteiger partial charge in [-0.2, -0.15) is 0 Å². The van der Waals surface area contributed by atoms with Crippen molar-refractivity contribution in [1.29, 1.82) is 0 Å².